The summed E-state index contributed by atoms with van der Waals surface area (Å²) in [5.74, 6) is -0.185. The van der Waals surface area contributed by atoms with E-state index >= 15 is 0 Å². The lowest BCUT2D eigenvalue weighted by molar-refractivity contribution is -0.134. The van der Waals surface area contributed by atoms with Gasteiger partial charge in [-0.3, -0.25) is 14.5 Å². The summed E-state index contributed by atoms with van der Waals surface area (Å²) < 4.78 is 0. The normalized spacial score (nSPS) is 17.8. The number of amides is 2. The maximum Gasteiger partial charge on any atom is 0.237 e. The average Bonchev–Trinajstić information content (AvgIpc) is 2.69. The first-order chi connectivity index (χ1) is 13.8. The molecule has 1 saturated heterocycles. The fraction of sp³-hybridized carbons (Fsp3) is 0.417. The summed E-state index contributed by atoms with van der Waals surface area (Å²) >= 11 is 0. The Balaban J connectivity index is 1.76. The van der Waals surface area contributed by atoms with Gasteiger partial charge in [0.15, 0.2) is 0 Å². The van der Waals surface area contributed by atoms with Crippen LogP contribution in [0.15, 0.2) is 60.7 Å². The predicted octanol–water partition coefficient (Wildman–Crippen LogP) is 3.13. The first-order valence-electron chi connectivity index (χ1n) is 10.2. The van der Waals surface area contributed by atoms with Crippen molar-refractivity contribution in [2.75, 3.05) is 19.6 Å². The third-order valence-electron chi connectivity index (χ3n) is 5.07. The quantitative estimate of drug-likeness (QED) is 0.793. The number of rotatable bonds is 6. The smallest absolute Gasteiger partial charge is 0.237 e. The van der Waals surface area contributed by atoms with Crippen LogP contribution in [0.3, 0.4) is 0 Å². The molecule has 0 bridgehead atoms. The molecule has 0 saturated carbocycles. The lowest BCUT2D eigenvalue weighted by Gasteiger charge is -2.38. The first-order valence-corrected chi connectivity index (χ1v) is 10.2. The highest BCUT2D eigenvalue weighted by Crippen LogP contribution is 2.23. The SMILES string of the molecule is CC(C)(C)CN1CCNC(=O)C1CC(=O)NC(c1ccccc1)c1ccccc1. The van der Waals surface area contributed by atoms with Gasteiger partial charge < -0.3 is 10.6 Å². The summed E-state index contributed by atoms with van der Waals surface area (Å²) in [5, 5.41) is 6.06. The molecule has 29 heavy (non-hydrogen) atoms. The fourth-order valence-electron chi connectivity index (χ4n) is 3.83. The minimum atomic E-state index is -0.435. The van der Waals surface area contributed by atoms with Gasteiger partial charge in [0.25, 0.3) is 0 Å². The van der Waals surface area contributed by atoms with Gasteiger partial charge in [0, 0.05) is 19.6 Å². The Morgan fingerprint density at radius 1 is 1.07 bits per heavy atom. The van der Waals surface area contributed by atoms with Crippen molar-refractivity contribution in [3.8, 4) is 0 Å². The first kappa shape index (κ1) is 21.1. The van der Waals surface area contributed by atoms with Crippen molar-refractivity contribution in [2.45, 2.75) is 39.3 Å². The van der Waals surface area contributed by atoms with E-state index in [0.717, 1.165) is 24.2 Å². The minimum Gasteiger partial charge on any atom is -0.353 e. The second-order valence-electron chi connectivity index (χ2n) is 8.86. The Hall–Kier alpha value is -2.66. The van der Waals surface area contributed by atoms with E-state index in [9.17, 15) is 9.59 Å². The van der Waals surface area contributed by atoms with Crippen molar-refractivity contribution in [3.63, 3.8) is 0 Å². The van der Waals surface area contributed by atoms with Crippen LogP contribution in [0, 0.1) is 5.41 Å². The molecule has 1 unspecified atom stereocenters. The summed E-state index contributed by atoms with van der Waals surface area (Å²) in [7, 11) is 0. The van der Waals surface area contributed by atoms with Gasteiger partial charge in [0.05, 0.1) is 18.5 Å². The van der Waals surface area contributed by atoms with Gasteiger partial charge in [-0.2, -0.15) is 0 Å². The van der Waals surface area contributed by atoms with Crippen LogP contribution in [-0.2, 0) is 9.59 Å². The topological polar surface area (TPSA) is 61.4 Å². The van der Waals surface area contributed by atoms with Gasteiger partial charge in [-0.05, 0) is 16.5 Å². The average molecular weight is 394 g/mol. The molecule has 2 aromatic rings. The summed E-state index contributed by atoms with van der Waals surface area (Å²) in [6, 6.07) is 19.2. The van der Waals surface area contributed by atoms with Crippen molar-refractivity contribution >= 4 is 11.8 Å². The highest BCUT2D eigenvalue weighted by molar-refractivity contribution is 5.89. The van der Waals surface area contributed by atoms with E-state index in [1.165, 1.54) is 0 Å². The number of hydrogen-bond donors (Lipinski definition) is 2. The van der Waals surface area contributed by atoms with Crippen LogP contribution in [0.4, 0.5) is 0 Å². The standard InChI is InChI=1S/C24H31N3O2/c1-24(2,3)17-27-15-14-25-23(29)20(27)16-21(28)26-22(18-10-6-4-7-11-18)19-12-8-5-9-13-19/h4-13,20,22H,14-17H2,1-3H3,(H,25,29)(H,26,28). The molecular weight excluding hydrogens is 362 g/mol. The van der Waals surface area contributed by atoms with E-state index in [-0.39, 0.29) is 29.7 Å². The van der Waals surface area contributed by atoms with Crippen LogP contribution < -0.4 is 10.6 Å². The number of nitrogens with one attached hydrogen (secondary N) is 2. The molecule has 154 valence electrons. The van der Waals surface area contributed by atoms with Crippen LogP contribution in [0.2, 0.25) is 0 Å². The Bertz CT molecular complexity index is 776. The summed E-state index contributed by atoms with van der Waals surface area (Å²) in [5.41, 5.74) is 2.10. The number of carbonyl (C=O) groups is 2. The lowest BCUT2D eigenvalue weighted by Crippen LogP contribution is -2.58. The summed E-state index contributed by atoms with van der Waals surface area (Å²) in [4.78, 5) is 27.7. The van der Waals surface area contributed by atoms with Crippen molar-refractivity contribution in [3.05, 3.63) is 71.8 Å². The molecular formula is C24H31N3O2. The second-order valence-corrected chi connectivity index (χ2v) is 8.86. The predicted molar refractivity (Wildman–Crippen MR) is 115 cm³/mol. The maximum atomic E-state index is 13.0. The highest BCUT2D eigenvalue weighted by Gasteiger charge is 2.34. The van der Waals surface area contributed by atoms with E-state index in [0.29, 0.717) is 6.54 Å². The zero-order valence-electron chi connectivity index (χ0n) is 17.5. The van der Waals surface area contributed by atoms with Crippen molar-refractivity contribution in [2.24, 2.45) is 5.41 Å². The number of piperazine rings is 1. The Morgan fingerprint density at radius 2 is 1.62 bits per heavy atom. The fourth-order valence-corrected chi connectivity index (χ4v) is 3.83. The van der Waals surface area contributed by atoms with Crippen LogP contribution in [0.1, 0.15) is 44.4 Å². The molecule has 1 aliphatic heterocycles. The van der Waals surface area contributed by atoms with E-state index in [2.05, 4.69) is 36.3 Å². The summed E-state index contributed by atoms with van der Waals surface area (Å²) in [6.45, 7) is 8.62. The van der Waals surface area contributed by atoms with Crippen LogP contribution in [-0.4, -0.2) is 42.4 Å². The summed E-state index contributed by atoms with van der Waals surface area (Å²) in [6.07, 6.45) is 0.151. The molecule has 2 N–H and O–H groups in total. The van der Waals surface area contributed by atoms with Gasteiger partial charge in [0.1, 0.15) is 0 Å². The van der Waals surface area contributed by atoms with E-state index in [4.69, 9.17) is 0 Å². The molecule has 1 heterocycles. The number of hydrogen-bond acceptors (Lipinski definition) is 3. The van der Waals surface area contributed by atoms with E-state index in [1.807, 2.05) is 60.7 Å². The molecule has 3 rings (SSSR count). The number of benzene rings is 2. The van der Waals surface area contributed by atoms with Crippen molar-refractivity contribution in [1.82, 2.24) is 15.5 Å². The van der Waals surface area contributed by atoms with Crippen molar-refractivity contribution in [1.29, 1.82) is 0 Å². The van der Waals surface area contributed by atoms with E-state index in [1.54, 1.807) is 0 Å². The maximum absolute atomic E-state index is 13.0. The van der Waals surface area contributed by atoms with Crippen molar-refractivity contribution < 1.29 is 9.59 Å². The Morgan fingerprint density at radius 3 is 2.14 bits per heavy atom. The molecule has 1 atom stereocenters. The second kappa shape index (κ2) is 9.23. The number of carbonyl (C=O) groups excluding carboxylic acids is 2. The van der Waals surface area contributed by atoms with Crippen LogP contribution >= 0.6 is 0 Å². The lowest BCUT2D eigenvalue weighted by atomic mass is 9.93. The van der Waals surface area contributed by atoms with Gasteiger partial charge in [-0.15, -0.1) is 0 Å². The zero-order valence-corrected chi connectivity index (χ0v) is 17.5. The van der Waals surface area contributed by atoms with E-state index < -0.39 is 6.04 Å². The third-order valence-corrected chi connectivity index (χ3v) is 5.07. The molecule has 5 nitrogen and oxygen atoms in total. The molecule has 2 amide bonds. The van der Waals surface area contributed by atoms with Gasteiger partial charge >= 0.3 is 0 Å². The highest BCUT2D eigenvalue weighted by atomic mass is 16.2. The molecule has 0 aromatic heterocycles. The Kier molecular flexibility index (Phi) is 6.70. The Labute approximate surface area is 173 Å². The molecule has 5 heteroatoms. The van der Waals surface area contributed by atoms with Gasteiger partial charge in [-0.25, -0.2) is 0 Å². The molecule has 2 aromatic carbocycles. The monoisotopic (exact) mass is 393 g/mol. The van der Waals surface area contributed by atoms with Crippen LogP contribution in [0.25, 0.3) is 0 Å². The molecule has 1 fully saturated rings. The van der Waals surface area contributed by atoms with Gasteiger partial charge in [0.2, 0.25) is 11.8 Å². The van der Waals surface area contributed by atoms with Crippen LogP contribution in [0.5, 0.6) is 0 Å². The largest absolute Gasteiger partial charge is 0.353 e. The molecule has 1 aliphatic rings. The minimum absolute atomic E-state index is 0.0585. The number of nitrogens with zero attached hydrogens (tertiary/aromatic N) is 1. The molecule has 0 spiro atoms. The zero-order chi connectivity index (χ0) is 20.9. The van der Waals surface area contributed by atoms with Gasteiger partial charge in [-0.1, -0.05) is 81.4 Å². The molecule has 0 aliphatic carbocycles. The third kappa shape index (κ3) is 5.91. The molecule has 0 radical (unpaired) electrons.